The zero-order chi connectivity index (χ0) is 25.1. The Morgan fingerprint density at radius 3 is 2.29 bits per heavy atom. The van der Waals surface area contributed by atoms with Crippen LogP contribution in [-0.4, -0.2) is 29.6 Å². The van der Waals surface area contributed by atoms with E-state index in [1.54, 1.807) is 24.1 Å². The lowest BCUT2D eigenvalue weighted by atomic mass is 9.92. The van der Waals surface area contributed by atoms with E-state index in [0.717, 1.165) is 11.1 Å². The van der Waals surface area contributed by atoms with Crippen LogP contribution >= 0.6 is 35.0 Å². The third-order valence-corrected chi connectivity index (χ3v) is 8.35. The number of nitrogens with two attached hydrogens (primary N) is 1. The zero-order valence-electron chi connectivity index (χ0n) is 19.6. The minimum atomic E-state index is -1.37. The van der Waals surface area contributed by atoms with Gasteiger partial charge >= 0.3 is 0 Å². The molecule has 2 atom stereocenters. The van der Waals surface area contributed by atoms with Crippen molar-refractivity contribution in [2.45, 2.75) is 30.2 Å². The van der Waals surface area contributed by atoms with Crippen LogP contribution in [0.25, 0.3) is 0 Å². The van der Waals surface area contributed by atoms with E-state index in [2.05, 4.69) is 0 Å². The molecule has 0 spiro atoms. The summed E-state index contributed by atoms with van der Waals surface area (Å²) >= 11 is 14.6. The normalized spacial score (nSPS) is 19.3. The first-order chi connectivity index (χ1) is 16.9. The maximum atomic E-state index is 14.4. The standard InChI is InChI=1S/C27H27Cl2N3O2S/c1-26(34-2,21-14-7-9-16-23(21)29)25(33)32-27(17-10-18-30,19-11-4-3-5-12-19)35-24(31-32)20-13-6-8-15-22(20)28/h3-9,11-16H,10,17-18,30H2,1-2H3/t26-,27?/m0/s1. The number of hydrogen-bond donors (Lipinski definition) is 1. The molecule has 1 unspecified atom stereocenters. The van der Waals surface area contributed by atoms with Crippen molar-refractivity contribution in [2.24, 2.45) is 10.8 Å². The molecule has 1 heterocycles. The summed E-state index contributed by atoms with van der Waals surface area (Å²) in [4.78, 5) is 13.6. The number of halogens is 2. The highest BCUT2D eigenvalue weighted by molar-refractivity contribution is 8.15. The summed E-state index contributed by atoms with van der Waals surface area (Å²) < 4.78 is 5.87. The van der Waals surface area contributed by atoms with Crippen molar-refractivity contribution in [1.82, 2.24) is 5.01 Å². The van der Waals surface area contributed by atoms with Crippen molar-refractivity contribution >= 4 is 45.9 Å². The molecule has 182 valence electrons. The van der Waals surface area contributed by atoms with E-state index >= 15 is 0 Å². The summed E-state index contributed by atoms with van der Waals surface area (Å²) in [6.45, 7) is 2.20. The molecule has 0 aliphatic carbocycles. The summed E-state index contributed by atoms with van der Waals surface area (Å²) in [5.41, 5.74) is 6.84. The minimum absolute atomic E-state index is 0.330. The van der Waals surface area contributed by atoms with E-state index in [-0.39, 0.29) is 5.91 Å². The fourth-order valence-corrected chi connectivity index (χ4v) is 6.27. The van der Waals surface area contributed by atoms with Crippen molar-refractivity contribution in [2.75, 3.05) is 13.7 Å². The van der Waals surface area contributed by atoms with Gasteiger partial charge < -0.3 is 10.5 Å². The molecule has 5 nitrogen and oxygen atoms in total. The number of benzene rings is 3. The van der Waals surface area contributed by atoms with Gasteiger partial charge in [0.2, 0.25) is 0 Å². The lowest BCUT2D eigenvalue weighted by molar-refractivity contribution is -0.158. The van der Waals surface area contributed by atoms with Crippen molar-refractivity contribution < 1.29 is 9.53 Å². The number of amides is 1. The fraction of sp³-hybridized carbons (Fsp3) is 0.259. The van der Waals surface area contributed by atoms with Crippen molar-refractivity contribution in [3.8, 4) is 0 Å². The quantitative estimate of drug-likeness (QED) is 0.368. The highest BCUT2D eigenvalue weighted by Crippen LogP contribution is 2.52. The molecular formula is C27H27Cl2N3O2S. The van der Waals surface area contributed by atoms with Crippen LogP contribution in [0.5, 0.6) is 0 Å². The molecule has 0 saturated heterocycles. The zero-order valence-corrected chi connectivity index (χ0v) is 21.9. The molecule has 0 bridgehead atoms. The number of nitrogens with zero attached hydrogens (tertiary/aromatic N) is 2. The lowest BCUT2D eigenvalue weighted by Crippen LogP contribution is -2.50. The number of carbonyl (C=O) groups is 1. The van der Waals surface area contributed by atoms with Crippen molar-refractivity contribution in [3.05, 3.63) is 106 Å². The third kappa shape index (κ3) is 4.74. The van der Waals surface area contributed by atoms with Gasteiger partial charge in [-0.3, -0.25) is 4.79 Å². The minimum Gasteiger partial charge on any atom is -0.364 e. The second-order valence-electron chi connectivity index (χ2n) is 8.36. The van der Waals surface area contributed by atoms with Crippen LogP contribution in [-0.2, 0) is 20.0 Å². The predicted molar refractivity (Wildman–Crippen MR) is 145 cm³/mol. The van der Waals surface area contributed by atoms with Gasteiger partial charge in [-0.2, -0.15) is 5.10 Å². The average molecular weight is 529 g/mol. The number of thioether (sulfide) groups is 1. The Labute approximate surface area is 220 Å². The van der Waals surface area contributed by atoms with Gasteiger partial charge in [0, 0.05) is 23.3 Å². The van der Waals surface area contributed by atoms with Gasteiger partial charge in [0.1, 0.15) is 9.91 Å². The van der Waals surface area contributed by atoms with Crippen molar-refractivity contribution in [1.29, 1.82) is 0 Å². The van der Waals surface area contributed by atoms with Gasteiger partial charge in [0.05, 0.1) is 5.02 Å². The van der Waals surface area contributed by atoms with E-state index < -0.39 is 10.5 Å². The number of hydrazone groups is 1. The maximum Gasteiger partial charge on any atom is 0.280 e. The van der Waals surface area contributed by atoms with Gasteiger partial charge in [-0.1, -0.05) is 102 Å². The first-order valence-electron chi connectivity index (χ1n) is 11.3. The van der Waals surface area contributed by atoms with E-state index in [0.29, 0.717) is 40.0 Å². The molecule has 1 aliphatic rings. The smallest absolute Gasteiger partial charge is 0.280 e. The SMILES string of the molecule is CO[C@](C)(C(=O)N1N=C(c2ccccc2Cl)SC1(CCCN)c1ccccc1)c1ccccc1Cl. The number of hydrogen-bond acceptors (Lipinski definition) is 5. The van der Waals surface area contributed by atoms with Gasteiger partial charge in [-0.25, -0.2) is 5.01 Å². The third-order valence-electron chi connectivity index (χ3n) is 6.24. The van der Waals surface area contributed by atoms with Crippen LogP contribution in [0.2, 0.25) is 10.0 Å². The Morgan fingerprint density at radius 1 is 1.03 bits per heavy atom. The van der Waals surface area contributed by atoms with E-state index in [1.807, 2.05) is 66.7 Å². The van der Waals surface area contributed by atoms with Gasteiger partial charge in [0.25, 0.3) is 5.91 Å². The van der Waals surface area contributed by atoms with Crippen LogP contribution in [0.3, 0.4) is 0 Å². The molecule has 35 heavy (non-hydrogen) atoms. The molecule has 8 heteroatoms. The molecule has 0 radical (unpaired) electrons. The molecule has 1 aliphatic heterocycles. The molecular weight excluding hydrogens is 501 g/mol. The van der Waals surface area contributed by atoms with Gasteiger partial charge in [-0.15, -0.1) is 0 Å². The van der Waals surface area contributed by atoms with Crippen molar-refractivity contribution in [3.63, 3.8) is 0 Å². The molecule has 4 rings (SSSR count). The molecule has 0 aromatic heterocycles. The van der Waals surface area contributed by atoms with E-state index in [9.17, 15) is 4.79 Å². The average Bonchev–Trinajstić information content (AvgIpc) is 3.28. The number of carbonyl (C=O) groups excluding carboxylic acids is 1. The molecule has 2 N–H and O–H groups in total. The topological polar surface area (TPSA) is 67.9 Å². The lowest BCUT2D eigenvalue weighted by Gasteiger charge is -2.40. The Bertz CT molecular complexity index is 1240. The van der Waals surface area contributed by atoms with Gasteiger partial charge in [-0.05, 0) is 44.0 Å². The summed E-state index contributed by atoms with van der Waals surface area (Å²) in [7, 11) is 1.51. The Kier molecular flexibility index (Phi) is 7.89. The first-order valence-corrected chi connectivity index (χ1v) is 12.9. The molecule has 0 fully saturated rings. The van der Waals surface area contributed by atoms with E-state index in [1.165, 1.54) is 18.9 Å². The highest BCUT2D eigenvalue weighted by atomic mass is 35.5. The first kappa shape index (κ1) is 25.7. The number of methoxy groups -OCH3 is 1. The summed E-state index contributed by atoms with van der Waals surface area (Å²) in [6, 6.07) is 24.6. The maximum absolute atomic E-state index is 14.4. The fourth-order valence-electron chi connectivity index (χ4n) is 4.23. The molecule has 0 saturated carbocycles. The van der Waals surface area contributed by atoms with Crippen LogP contribution in [0.15, 0.2) is 84.0 Å². The monoisotopic (exact) mass is 527 g/mol. The van der Waals surface area contributed by atoms with E-state index in [4.69, 9.17) is 38.8 Å². The predicted octanol–water partition coefficient (Wildman–Crippen LogP) is 6.38. The summed E-state index contributed by atoms with van der Waals surface area (Å²) in [6.07, 6.45) is 1.27. The molecule has 1 amide bonds. The van der Waals surface area contributed by atoms with Crippen LogP contribution in [0.1, 0.15) is 36.5 Å². The highest BCUT2D eigenvalue weighted by Gasteiger charge is 2.53. The molecule has 3 aromatic rings. The van der Waals surface area contributed by atoms with Crippen LogP contribution < -0.4 is 5.73 Å². The van der Waals surface area contributed by atoms with Crippen LogP contribution in [0, 0.1) is 0 Å². The second-order valence-corrected chi connectivity index (χ2v) is 10.4. The Hall–Kier alpha value is -2.35. The van der Waals surface area contributed by atoms with Crippen LogP contribution in [0.4, 0.5) is 0 Å². The Morgan fingerprint density at radius 2 is 1.66 bits per heavy atom. The Balaban J connectivity index is 1.91. The second kappa shape index (κ2) is 10.7. The molecule has 3 aromatic carbocycles. The van der Waals surface area contributed by atoms with Gasteiger partial charge in [0.15, 0.2) is 5.60 Å². The number of rotatable bonds is 8. The largest absolute Gasteiger partial charge is 0.364 e. The summed E-state index contributed by atoms with van der Waals surface area (Å²) in [5, 5.41) is 8.10. The number of ether oxygens (including phenoxy) is 1. The summed E-state index contributed by atoms with van der Waals surface area (Å²) in [5.74, 6) is -0.330.